The summed E-state index contributed by atoms with van der Waals surface area (Å²) >= 11 is 0. The number of carbonyl (C=O) groups excluding carboxylic acids is 7. The highest BCUT2D eigenvalue weighted by Gasteiger charge is 2.45. The third kappa shape index (κ3) is 9.82. The number of likely N-dealkylation sites (tertiary alicyclic amines) is 1. The highest BCUT2D eigenvalue weighted by Crippen LogP contribution is 2.32. The van der Waals surface area contributed by atoms with Crippen molar-refractivity contribution in [2.75, 3.05) is 62.6 Å². The van der Waals surface area contributed by atoms with E-state index in [1.165, 1.54) is 12.1 Å². The molecule has 0 radical (unpaired) electrons. The Morgan fingerprint density at radius 2 is 1.64 bits per heavy atom. The maximum atomic E-state index is 13.4. The fourth-order valence-electron chi connectivity index (χ4n) is 8.09. The lowest BCUT2D eigenvalue weighted by atomic mass is 9.91. The van der Waals surface area contributed by atoms with Gasteiger partial charge in [0.25, 0.3) is 17.7 Å². The van der Waals surface area contributed by atoms with Gasteiger partial charge < -0.3 is 25.3 Å². The number of carbonyl (C=O) groups is 7. The molecule has 1 unspecified atom stereocenters. The summed E-state index contributed by atoms with van der Waals surface area (Å²) in [6, 6.07) is 11.2. The molecule has 0 aliphatic carbocycles. The van der Waals surface area contributed by atoms with Gasteiger partial charge in [-0.3, -0.25) is 48.8 Å². The number of fused-ring (bicyclic) bond motifs is 1. The fourth-order valence-corrected chi connectivity index (χ4v) is 8.09. The summed E-state index contributed by atoms with van der Waals surface area (Å²) in [7, 11) is 0. The number of anilines is 2. The SMILES string of the molecule is O=C(/C=C/c1cccnc1)NCCCCC1CCN(C(=O)c2ccc(N3CCN(C(=O)CCNc4cccc5c4C(=O)N(C4CCC(=O)NC4=O)C5=O)CC3)nc2)CC1. The largest absolute Gasteiger partial charge is 0.384 e. The zero-order valence-corrected chi connectivity index (χ0v) is 32.9. The van der Waals surface area contributed by atoms with E-state index in [1.54, 1.807) is 41.7 Å². The number of pyridine rings is 2. The van der Waals surface area contributed by atoms with Crippen molar-refractivity contribution in [1.82, 2.24) is 35.3 Å². The van der Waals surface area contributed by atoms with E-state index >= 15 is 0 Å². The molecule has 2 aromatic heterocycles. The number of hydrogen-bond donors (Lipinski definition) is 3. The quantitative estimate of drug-likeness (QED) is 0.123. The summed E-state index contributed by atoms with van der Waals surface area (Å²) in [5, 5.41) is 8.27. The molecule has 3 fully saturated rings. The number of piperidine rings is 2. The molecular weight excluding hydrogens is 755 g/mol. The number of hydrogen-bond acceptors (Lipinski definition) is 11. The van der Waals surface area contributed by atoms with Crippen LogP contribution >= 0.6 is 0 Å². The number of piperazine rings is 1. The Labute approximate surface area is 342 Å². The molecule has 4 aliphatic heterocycles. The molecule has 7 amide bonds. The van der Waals surface area contributed by atoms with Gasteiger partial charge in [0.1, 0.15) is 11.9 Å². The standard InChI is InChI=1S/C43H49N9O7/c53-36(13-9-30-6-4-18-44-27-30)46-19-2-1-5-29-16-21-51(22-17-29)41(57)31-10-12-35(47-28-31)49-23-25-50(26-24-49)38(55)15-20-45-33-8-3-7-32-39(33)43(59)52(42(32)58)34-11-14-37(54)48-40(34)56/h3-4,6-10,12-13,18,27-29,34,45H,1-2,5,11,14-17,19-26H2,(H,46,53)(H,48,54,56)/b13-9+. The molecule has 3 N–H and O–H groups in total. The van der Waals surface area contributed by atoms with Crippen LogP contribution in [-0.2, 0) is 19.2 Å². The Balaban J connectivity index is 0.790. The normalized spacial score (nSPS) is 18.6. The van der Waals surface area contributed by atoms with Gasteiger partial charge in [-0.2, -0.15) is 0 Å². The molecule has 3 aromatic rings. The maximum absolute atomic E-state index is 13.4. The molecule has 0 spiro atoms. The first-order chi connectivity index (χ1) is 28.7. The molecule has 16 nitrogen and oxygen atoms in total. The summed E-state index contributed by atoms with van der Waals surface area (Å²) in [5.74, 6) is -1.17. The smallest absolute Gasteiger partial charge is 0.264 e. The van der Waals surface area contributed by atoms with E-state index in [-0.39, 0.29) is 54.7 Å². The molecule has 308 valence electrons. The van der Waals surface area contributed by atoms with Crippen molar-refractivity contribution in [1.29, 1.82) is 0 Å². The number of amides is 7. The zero-order chi connectivity index (χ0) is 41.3. The first-order valence-corrected chi connectivity index (χ1v) is 20.4. The van der Waals surface area contributed by atoms with Crippen LogP contribution < -0.4 is 20.9 Å². The minimum absolute atomic E-state index is 0.0170. The zero-order valence-electron chi connectivity index (χ0n) is 32.9. The monoisotopic (exact) mass is 803 g/mol. The van der Waals surface area contributed by atoms with Crippen LogP contribution in [0.25, 0.3) is 6.08 Å². The van der Waals surface area contributed by atoms with Crippen molar-refractivity contribution in [3.05, 3.63) is 89.4 Å². The number of rotatable bonds is 14. The lowest BCUT2D eigenvalue weighted by Crippen LogP contribution is -2.54. The molecule has 3 saturated heterocycles. The Kier molecular flexibility index (Phi) is 13.0. The second-order valence-electron chi connectivity index (χ2n) is 15.3. The van der Waals surface area contributed by atoms with Crippen LogP contribution in [0.15, 0.2) is 67.1 Å². The van der Waals surface area contributed by atoms with Gasteiger partial charge in [-0.1, -0.05) is 25.0 Å². The molecule has 16 heteroatoms. The van der Waals surface area contributed by atoms with E-state index in [4.69, 9.17) is 0 Å². The topological polar surface area (TPSA) is 194 Å². The first kappa shape index (κ1) is 40.7. The number of nitrogens with one attached hydrogen (secondary N) is 3. The minimum Gasteiger partial charge on any atom is -0.384 e. The van der Waals surface area contributed by atoms with Crippen molar-refractivity contribution in [2.24, 2.45) is 5.92 Å². The van der Waals surface area contributed by atoms with E-state index in [0.717, 1.165) is 48.4 Å². The summed E-state index contributed by atoms with van der Waals surface area (Å²) < 4.78 is 0. The predicted octanol–water partition coefficient (Wildman–Crippen LogP) is 2.88. The number of imide groups is 2. The average molecular weight is 804 g/mol. The molecule has 0 bridgehead atoms. The van der Waals surface area contributed by atoms with Gasteiger partial charge in [-0.15, -0.1) is 0 Å². The van der Waals surface area contributed by atoms with E-state index < -0.39 is 29.7 Å². The van der Waals surface area contributed by atoms with Crippen molar-refractivity contribution >= 4 is 58.9 Å². The highest BCUT2D eigenvalue weighted by atomic mass is 16.2. The van der Waals surface area contributed by atoms with Gasteiger partial charge in [0.2, 0.25) is 23.6 Å². The van der Waals surface area contributed by atoms with Gasteiger partial charge in [-0.25, -0.2) is 4.98 Å². The van der Waals surface area contributed by atoms with Crippen LogP contribution in [0.2, 0.25) is 0 Å². The lowest BCUT2D eigenvalue weighted by Gasteiger charge is -2.35. The number of unbranched alkanes of at least 4 members (excludes halogenated alkanes) is 1. The van der Waals surface area contributed by atoms with E-state index in [2.05, 4.69) is 30.8 Å². The summed E-state index contributed by atoms with van der Waals surface area (Å²) in [6.45, 7) is 4.46. The molecule has 4 aliphatic rings. The molecule has 6 heterocycles. The van der Waals surface area contributed by atoms with Crippen molar-refractivity contribution in [2.45, 2.75) is 57.4 Å². The van der Waals surface area contributed by atoms with Crippen LogP contribution in [0, 0.1) is 5.92 Å². The van der Waals surface area contributed by atoms with Gasteiger partial charge in [0.05, 0.1) is 16.7 Å². The minimum atomic E-state index is -1.05. The Morgan fingerprint density at radius 1 is 0.831 bits per heavy atom. The maximum Gasteiger partial charge on any atom is 0.264 e. The van der Waals surface area contributed by atoms with Crippen molar-refractivity contribution < 1.29 is 33.6 Å². The van der Waals surface area contributed by atoms with Gasteiger partial charge >= 0.3 is 0 Å². The van der Waals surface area contributed by atoms with E-state index in [0.29, 0.717) is 63.0 Å². The molecule has 7 rings (SSSR count). The second kappa shape index (κ2) is 18.9. The molecule has 1 aromatic carbocycles. The van der Waals surface area contributed by atoms with Gasteiger partial charge in [0, 0.05) is 95.6 Å². The average Bonchev–Trinajstić information content (AvgIpc) is 3.52. The molecule has 59 heavy (non-hydrogen) atoms. The second-order valence-corrected chi connectivity index (χ2v) is 15.3. The number of benzene rings is 1. The first-order valence-electron chi connectivity index (χ1n) is 20.4. The van der Waals surface area contributed by atoms with Gasteiger partial charge in [0.15, 0.2) is 0 Å². The third-order valence-corrected chi connectivity index (χ3v) is 11.4. The Hall–Kier alpha value is -6.45. The predicted molar refractivity (Wildman–Crippen MR) is 218 cm³/mol. The summed E-state index contributed by atoms with van der Waals surface area (Å²) in [5.41, 5.74) is 2.17. The van der Waals surface area contributed by atoms with Crippen LogP contribution in [0.1, 0.15) is 88.0 Å². The highest BCUT2D eigenvalue weighted by molar-refractivity contribution is 6.25. The van der Waals surface area contributed by atoms with Crippen LogP contribution in [0.4, 0.5) is 11.5 Å². The van der Waals surface area contributed by atoms with Crippen LogP contribution in [-0.4, -0.2) is 124 Å². The van der Waals surface area contributed by atoms with Crippen molar-refractivity contribution in [3.8, 4) is 0 Å². The molecule has 1 atom stereocenters. The summed E-state index contributed by atoms with van der Waals surface area (Å²) in [6.07, 6.45) is 13.5. The van der Waals surface area contributed by atoms with E-state index in [9.17, 15) is 33.6 Å². The van der Waals surface area contributed by atoms with E-state index in [1.807, 2.05) is 29.2 Å². The Morgan fingerprint density at radius 3 is 2.37 bits per heavy atom. The lowest BCUT2D eigenvalue weighted by molar-refractivity contribution is -0.136. The van der Waals surface area contributed by atoms with Crippen molar-refractivity contribution in [3.63, 3.8) is 0 Å². The van der Waals surface area contributed by atoms with Crippen LogP contribution in [0.3, 0.4) is 0 Å². The number of nitrogens with zero attached hydrogens (tertiary/aromatic N) is 6. The van der Waals surface area contributed by atoms with Crippen LogP contribution in [0.5, 0.6) is 0 Å². The molecule has 0 saturated carbocycles. The van der Waals surface area contributed by atoms with Gasteiger partial charge in [-0.05, 0) is 73.6 Å². The molecular formula is C43H49N9O7. The summed E-state index contributed by atoms with van der Waals surface area (Å²) in [4.78, 5) is 104. The number of aromatic nitrogens is 2. The fraction of sp³-hybridized carbons (Fsp3) is 0.419. The third-order valence-electron chi connectivity index (χ3n) is 11.4. The Bertz CT molecular complexity index is 2090.